The van der Waals surface area contributed by atoms with E-state index in [2.05, 4.69) is 50.5 Å². The van der Waals surface area contributed by atoms with Crippen molar-refractivity contribution in [2.75, 3.05) is 0 Å². The molecule has 2 N–H and O–H groups in total. The van der Waals surface area contributed by atoms with E-state index in [1.54, 1.807) is 12.3 Å². The molecule has 0 spiro atoms. The molecule has 2 rings (SSSR count). The topological polar surface area (TPSA) is 43.8 Å². The second-order valence-electron chi connectivity index (χ2n) is 4.24. The second-order valence-corrected chi connectivity index (χ2v) is 6.26. The van der Waals surface area contributed by atoms with Gasteiger partial charge in [-0.3, -0.25) is 4.68 Å². The Balaban J connectivity index is 2.43. The summed E-state index contributed by atoms with van der Waals surface area (Å²) in [5.41, 5.74) is 8.15. The zero-order valence-electron chi connectivity index (χ0n) is 10.4. The molecule has 0 saturated carbocycles. The average Bonchev–Trinajstić information content (AvgIpc) is 2.70. The number of nitrogens with zero attached hydrogens (tertiary/aromatic N) is 2. The Kier molecular flexibility index (Phi) is 4.97. The van der Waals surface area contributed by atoms with Crippen molar-refractivity contribution in [3.05, 3.63) is 49.5 Å². The van der Waals surface area contributed by atoms with E-state index in [9.17, 15) is 4.39 Å². The Hall–Kier alpha value is -0.470. The molecule has 6 heteroatoms. The first-order chi connectivity index (χ1) is 9.04. The number of aryl methyl sites for hydroxylation is 1. The molecule has 0 fully saturated rings. The monoisotopic (exact) mass is 437 g/mol. The maximum Gasteiger partial charge on any atom is 0.124 e. The van der Waals surface area contributed by atoms with Crippen molar-refractivity contribution in [2.45, 2.75) is 25.9 Å². The smallest absolute Gasteiger partial charge is 0.124 e. The molecule has 2 aromatic rings. The predicted molar refractivity (Wildman–Crippen MR) is 85.4 cm³/mol. The highest BCUT2D eigenvalue weighted by Gasteiger charge is 2.20. The molecule has 0 radical (unpaired) electrons. The molecule has 102 valence electrons. The van der Waals surface area contributed by atoms with E-state index in [-0.39, 0.29) is 11.9 Å². The molecule has 1 aromatic carbocycles. The number of aromatic nitrogens is 2. The standard InChI is InChI=1S/C13H14BrFIN3/c1-2-5-19-13(10(14)7-18-19)12(17)9-4-3-8(15)6-11(9)16/h3-4,6-7,12H,2,5,17H2,1H3. The zero-order chi connectivity index (χ0) is 14.0. The SMILES string of the molecule is CCCn1ncc(Br)c1C(N)c1ccc(F)cc1I. The third-order valence-corrected chi connectivity index (χ3v) is 4.41. The highest BCUT2D eigenvalue weighted by molar-refractivity contribution is 14.1. The van der Waals surface area contributed by atoms with Crippen LogP contribution in [-0.2, 0) is 6.54 Å². The molecule has 19 heavy (non-hydrogen) atoms. The Morgan fingerprint density at radius 2 is 2.26 bits per heavy atom. The minimum Gasteiger partial charge on any atom is -0.319 e. The highest BCUT2D eigenvalue weighted by atomic mass is 127. The van der Waals surface area contributed by atoms with Crippen molar-refractivity contribution in [3.63, 3.8) is 0 Å². The molecule has 1 aromatic heterocycles. The molecule has 1 unspecified atom stereocenters. The van der Waals surface area contributed by atoms with Gasteiger partial charge in [0.25, 0.3) is 0 Å². The van der Waals surface area contributed by atoms with E-state index in [1.165, 1.54) is 12.1 Å². The van der Waals surface area contributed by atoms with Crippen LogP contribution < -0.4 is 5.73 Å². The van der Waals surface area contributed by atoms with Crippen LogP contribution >= 0.6 is 38.5 Å². The van der Waals surface area contributed by atoms with E-state index in [0.29, 0.717) is 0 Å². The fourth-order valence-corrected chi connectivity index (χ4v) is 3.33. The van der Waals surface area contributed by atoms with Gasteiger partial charge in [-0.2, -0.15) is 5.10 Å². The lowest BCUT2D eigenvalue weighted by molar-refractivity contribution is 0.557. The summed E-state index contributed by atoms with van der Waals surface area (Å²) in [5, 5.41) is 4.31. The molecule has 0 amide bonds. The highest BCUT2D eigenvalue weighted by Crippen LogP contribution is 2.29. The van der Waals surface area contributed by atoms with Crippen LogP contribution in [0, 0.1) is 9.39 Å². The number of halogens is 3. The van der Waals surface area contributed by atoms with Crippen LogP contribution in [0.5, 0.6) is 0 Å². The molecule has 0 aliphatic heterocycles. The normalized spacial score (nSPS) is 12.7. The summed E-state index contributed by atoms with van der Waals surface area (Å²) >= 11 is 5.59. The van der Waals surface area contributed by atoms with Gasteiger partial charge in [0.1, 0.15) is 5.82 Å². The van der Waals surface area contributed by atoms with Crippen LogP contribution in [0.4, 0.5) is 4.39 Å². The van der Waals surface area contributed by atoms with Crippen LogP contribution in [0.25, 0.3) is 0 Å². The quantitative estimate of drug-likeness (QED) is 0.738. The zero-order valence-corrected chi connectivity index (χ0v) is 14.2. The molecule has 0 aliphatic rings. The van der Waals surface area contributed by atoms with Gasteiger partial charge in [0.15, 0.2) is 0 Å². The maximum absolute atomic E-state index is 13.2. The summed E-state index contributed by atoms with van der Waals surface area (Å²) in [7, 11) is 0. The Morgan fingerprint density at radius 1 is 1.53 bits per heavy atom. The molecular weight excluding hydrogens is 424 g/mol. The van der Waals surface area contributed by atoms with Crippen molar-refractivity contribution < 1.29 is 4.39 Å². The van der Waals surface area contributed by atoms with E-state index in [1.807, 2.05) is 4.68 Å². The van der Waals surface area contributed by atoms with Crippen molar-refractivity contribution in [3.8, 4) is 0 Å². The second kappa shape index (κ2) is 6.32. The third kappa shape index (κ3) is 3.17. The largest absolute Gasteiger partial charge is 0.319 e. The summed E-state index contributed by atoms with van der Waals surface area (Å²) in [6, 6.07) is 4.34. The van der Waals surface area contributed by atoms with Gasteiger partial charge in [-0.1, -0.05) is 13.0 Å². The fraction of sp³-hybridized carbons (Fsp3) is 0.308. The van der Waals surface area contributed by atoms with Crippen LogP contribution in [0.15, 0.2) is 28.9 Å². The molecule has 3 nitrogen and oxygen atoms in total. The average molecular weight is 438 g/mol. The minimum absolute atomic E-state index is 0.249. The number of rotatable bonds is 4. The van der Waals surface area contributed by atoms with Gasteiger partial charge in [0.2, 0.25) is 0 Å². The fourth-order valence-electron chi connectivity index (χ4n) is 1.97. The molecular formula is C13H14BrFIN3. The molecule has 1 heterocycles. The maximum atomic E-state index is 13.2. The third-order valence-electron chi connectivity index (χ3n) is 2.86. The van der Waals surface area contributed by atoms with Crippen LogP contribution in [0.2, 0.25) is 0 Å². The molecule has 0 saturated heterocycles. The van der Waals surface area contributed by atoms with Gasteiger partial charge in [-0.25, -0.2) is 4.39 Å². The summed E-state index contributed by atoms with van der Waals surface area (Å²) in [6.07, 6.45) is 2.73. The van der Waals surface area contributed by atoms with Crippen molar-refractivity contribution >= 4 is 38.5 Å². The summed E-state index contributed by atoms with van der Waals surface area (Å²) < 4.78 is 16.8. The van der Waals surface area contributed by atoms with Crippen molar-refractivity contribution in [2.24, 2.45) is 5.73 Å². The van der Waals surface area contributed by atoms with E-state index in [0.717, 1.165) is 32.3 Å². The van der Waals surface area contributed by atoms with Crippen LogP contribution in [0.1, 0.15) is 30.6 Å². The Bertz CT molecular complexity index is 585. The van der Waals surface area contributed by atoms with Gasteiger partial charge in [0, 0.05) is 10.1 Å². The summed E-state index contributed by atoms with van der Waals surface area (Å²) in [4.78, 5) is 0. The van der Waals surface area contributed by atoms with Crippen LogP contribution in [0.3, 0.4) is 0 Å². The molecule has 1 atom stereocenters. The van der Waals surface area contributed by atoms with E-state index in [4.69, 9.17) is 5.73 Å². The van der Waals surface area contributed by atoms with Crippen molar-refractivity contribution in [1.29, 1.82) is 0 Å². The Morgan fingerprint density at radius 3 is 2.89 bits per heavy atom. The molecule has 0 bridgehead atoms. The first kappa shape index (κ1) is 14.9. The Labute approximate surface area is 133 Å². The van der Waals surface area contributed by atoms with Gasteiger partial charge >= 0.3 is 0 Å². The summed E-state index contributed by atoms with van der Waals surface area (Å²) in [6.45, 7) is 2.90. The van der Waals surface area contributed by atoms with E-state index < -0.39 is 0 Å². The van der Waals surface area contributed by atoms with Crippen molar-refractivity contribution in [1.82, 2.24) is 9.78 Å². The number of benzene rings is 1. The van der Waals surface area contributed by atoms with Crippen LogP contribution in [-0.4, -0.2) is 9.78 Å². The van der Waals surface area contributed by atoms with Gasteiger partial charge < -0.3 is 5.73 Å². The van der Waals surface area contributed by atoms with E-state index >= 15 is 0 Å². The van der Waals surface area contributed by atoms with Gasteiger partial charge in [-0.05, 0) is 62.6 Å². The minimum atomic E-state index is -0.323. The number of hydrogen-bond donors (Lipinski definition) is 1. The van der Waals surface area contributed by atoms with Gasteiger partial charge in [-0.15, -0.1) is 0 Å². The first-order valence-electron chi connectivity index (χ1n) is 5.96. The lowest BCUT2D eigenvalue weighted by Gasteiger charge is -2.16. The summed E-state index contributed by atoms with van der Waals surface area (Å²) in [5.74, 6) is -0.249. The number of nitrogens with two attached hydrogens (primary N) is 1. The van der Waals surface area contributed by atoms with Gasteiger partial charge in [0.05, 0.1) is 22.4 Å². The predicted octanol–water partition coefficient (Wildman–Crippen LogP) is 3.85. The molecule has 0 aliphatic carbocycles. The first-order valence-corrected chi connectivity index (χ1v) is 7.83. The lowest BCUT2D eigenvalue weighted by Crippen LogP contribution is -2.19. The lowest BCUT2D eigenvalue weighted by atomic mass is 10.0. The number of hydrogen-bond acceptors (Lipinski definition) is 2.